The Balaban J connectivity index is 0.000000152. The molecule has 6 nitrogen and oxygen atoms in total. The normalized spacial score (nSPS) is 11.5. The van der Waals surface area contributed by atoms with Gasteiger partial charge in [-0.1, -0.05) is 35.0 Å². The van der Waals surface area contributed by atoms with Crippen molar-refractivity contribution in [2.45, 2.75) is 10.3 Å². The highest BCUT2D eigenvalue weighted by Crippen LogP contribution is 2.27. The predicted molar refractivity (Wildman–Crippen MR) is 110 cm³/mol. The largest absolute Gasteiger partial charge is 0.249 e. The van der Waals surface area contributed by atoms with E-state index in [0.717, 1.165) is 21.6 Å². The lowest BCUT2D eigenvalue weighted by Gasteiger charge is -1.97. The zero-order valence-corrected chi connectivity index (χ0v) is 18.1. The maximum absolute atomic E-state index is 11.2. The van der Waals surface area contributed by atoms with Crippen LogP contribution in [0.5, 0.6) is 0 Å². The Kier molecular flexibility index (Phi) is 6.00. The lowest BCUT2D eigenvalue weighted by molar-refractivity contribution is 0.594. The molecule has 0 fully saturated rings. The van der Waals surface area contributed by atoms with Crippen LogP contribution >= 0.6 is 57.6 Å². The zero-order valence-electron chi connectivity index (χ0n) is 13.3. The fourth-order valence-electron chi connectivity index (χ4n) is 1.86. The van der Waals surface area contributed by atoms with Crippen molar-refractivity contribution in [3.63, 3.8) is 0 Å². The van der Waals surface area contributed by atoms with Gasteiger partial charge in [-0.2, -0.15) is 0 Å². The average Bonchev–Trinajstić information content (AvgIpc) is 3.23. The molecule has 0 amide bonds. The molecule has 136 valence electrons. The number of thiophene rings is 2. The van der Waals surface area contributed by atoms with Crippen LogP contribution in [0.1, 0.15) is 0 Å². The molecule has 0 saturated heterocycles. The van der Waals surface area contributed by atoms with Crippen LogP contribution in [0.4, 0.5) is 0 Å². The summed E-state index contributed by atoms with van der Waals surface area (Å²) in [4.78, 5) is 17.6. The smallest absolute Gasteiger partial charge is 0.221 e. The van der Waals surface area contributed by atoms with E-state index in [1.807, 2.05) is 17.7 Å². The van der Waals surface area contributed by atoms with Crippen LogP contribution in [0.25, 0.3) is 20.4 Å². The van der Waals surface area contributed by atoms with Gasteiger partial charge in [0, 0.05) is 17.0 Å². The maximum atomic E-state index is 11.2. The Morgan fingerprint density at radius 1 is 0.923 bits per heavy atom. The fraction of sp³-hybridized carbons (Fsp3) is 0.143. The molecule has 12 heteroatoms. The van der Waals surface area contributed by atoms with Crippen molar-refractivity contribution >= 4 is 87.9 Å². The highest BCUT2D eigenvalue weighted by molar-refractivity contribution is 7.98. The van der Waals surface area contributed by atoms with Gasteiger partial charge in [-0.05, 0) is 29.1 Å². The molecule has 4 aromatic heterocycles. The highest BCUT2D eigenvalue weighted by Gasteiger charge is 2.14. The first-order valence-electron chi connectivity index (χ1n) is 6.85. The lowest BCUT2D eigenvalue weighted by Crippen LogP contribution is -2.03. The minimum absolute atomic E-state index is 0.177. The Morgan fingerprint density at radius 3 is 2.00 bits per heavy atom. The lowest BCUT2D eigenvalue weighted by atomic mass is 10.4. The number of hydrogen-bond donors (Lipinski definition) is 0. The second-order valence-electron chi connectivity index (χ2n) is 4.85. The summed E-state index contributed by atoms with van der Waals surface area (Å²) in [6.45, 7) is 0. The van der Waals surface area contributed by atoms with E-state index in [4.69, 9.17) is 23.2 Å². The van der Waals surface area contributed by atoms with Crippen molar-refractivity contribution in [1.29, 1.82) is 0 Å². The molecule has 26 heavy (non-hydrogen) atoms. The maximum Gasteiger partial charge on any atom is 0.249 e. The number of aromatic nitrogens is 4. The third-order valence-corrected chi connectivity index (χ3v) is 6.61. The molecule has 0 saturated carbocycles. The Bertz CT molecular complexity index is 1190. The molecule has 0 bridgehead atoms. The van der Waals surface area contributed by atoms with Gasteiger partial charge >= 0.3 is 0 Å². The van der Waals surface area contributed by atoms with Crippen molar-refractivity contribution in [2.24, 2.45) is 0 Å². The van der Waals surface area contributed by atoms with Crippen molar-refractivity contribution in [2.75, 3.05) is 12.5 Å². The summed E-state index contributed by atoms with van der Waals surface area (Å²) in [5, 5.41) is 6.62. The van der Waals surface area contributed by atoms with Crippen molar-refractivity contribution in [1.82, 2.24) is 19.9 Å². The molecule has 4 aromatic rings. The quantitative estimate of drug-likeness (QED) is 0.238. The Labute approximate surface area is 171 Å². The monoisotopic (exact) mass is 464 g/mol. The molecular formula is C14H10Cl2N4O2S4. The number of rotatable bonds is 2. The number of fused-ring (bicyclic) bond motifs is 2. The van der Waals surface area contributed by atoms with Gasteiger partial charge in [0.15, 0.2) is 5.16 Å². The van der Waals surface area contributed by atoms with E-state index in [0.29, 0.717) is 15.4 Å². The van der Waals surface area contributed by atoms with Crippen LogP contribution < -0.4 is 0 Å². The van der Waals surface area contributed by atoms with Crippen LogP contribution in [-0.4, -0.2) is 40.9 Å². The molecule has 0 aromatic carbocycles. The predicted octanol–water partition coefficient (Wildman–Crippen LogP) is 4.81. The molecular weight excluding hydrogens is 455 g/mol. The van der Waals surface area contributed by atoms with E-state index in [1.54, 1.807) is 22.8 Å². The minimum atomic E-state index is -3.39. The number of nitrogens with zero attached hydrogens (tertiary/aromatic N) is 4. The summed E-state index contributed by atoms with van der Waals surface area (Å²) in [5.74, 6) is 0. The number of sulfone groups is 1. The summed E-state index contributed by atoms with van der Waals surface area (Å²) in [6.07, 6.45) is 2.99. The van der Waals surface area contributed by atoms with Gasteiger partial charge in [0.05, 0.1) is 0 Å². The first kappa shape index (κ1) is 19.7. The standard InChI is InChI=1S/C7H5ClN2O2S2.C7H5ClN2S2/c1-14(11,12)7-9-5(8)4-2-3-13-6(4)10-7;1-11-7-9-5(8)4-2-3-12-6(4)10-7/h2-3H,1H3;2-3H,1H3. The first-order valence-corrected chi connectivity index (χ1v) is 12.5. The molecule has 0 aliphatic carbocycles. The molecule has 0 atom stereocenters. The van der Waals surface area contributed by atoms with Gasteiger partial charge in [0.2, 0.25) is 15.0 Å². The second-order valence-corrected chi connectivity index (χ2v) is 10.0. The molecule has 0 spiro atoms. The summed E-state index contributed by atoms with van der Waals surface area (Å²) >= 11 is 16.1. The summed E-state index contributed by atoms with van der Waals surface area (Å²) in [5.41, 5.74) is 0. The Hall–Kier alpha value is -1.04. The van der Waals surface area contributed by atoms with Gasteiger partial charge in [0.25, 0.3) is 0 Å². The van der Waals surface area contributed by atoms with Gasteiger partial charge in [0.1, 0.15) is 20.0 Å². The number of hydrogen-bond acceptors (Lipinski definition) is 9. The molecule has 4 rings (SSSR count). The SMILES string of the molecule is CS(=O)(=O)c1nc(Cl)c2ccsc2n1.CSc1nc(Cl)c2ccsc2n1. The molecule has 0 aliphatic heterocycles. The van der Waals surface area contributed by atoms with E-state index in [9.17, 15) is 8.42 Å². The Morgan fingerprint density at radius 2 is 1.46 bits per heavy atom. The van der Waals surface area contributed by atoms with E-state index >= 15 is 0 Å². The third-order valence-electron chi connectivity index (χ3n) is 3.03. The van der Waals surface area contributed by atoms with Crippen LogP contribution in [0, 0.1) is 0 Å². The van der Waals surface area contributed by atoms with Crippen LogP contribution in [0.3, 0.4) is 0 Å². The first-order chi connectivity index (χ1) is 12.3. The van der Waals surface area contributed by atoms with Crippen LogP contribution in [0.15, 0.2) is 33.2 Å². The van der Waals surface area contributed by atoms with Gasteiger partial charge in [-0.15, -0.1) is 22.7 Å². The van der Waals surface area contributed by atoms with Crippen molar-refractivity contribution < 1.29 is 8.42 Å². The molecule has 4 heterocycles. The molecule has 0 radical (unpaired) electrons. The van der Waals surface area contributed by atoms with E-state index in [2.05, 4.69) is 19.9 Å². The summed E-state index contributed by atoms with van der Waals surface area (Å²) in [6, 6.07) is 3.70. The fourth-order valence-corrected chi connectivity index (χ4v) is 5.06. The molecule has 0 unspecified atom stereocenters. The molecule has 0 aliphatic rings. The summed E-state index contributed by atoms with van der Waals surface area (Å²) in [7, 11) is -3.39. The van der Waals surface area contributed by atoms with E-state index in [-0.39, 0.29) is 10.3 Å². The second kappa shape index (κ2) is 7.91. The number of halogens is 2. The zero-order chi connectivity index (χ0) is 18.9. The van der Waals surface area contributed by atoms with Crippen molar-refractivity contribution in [3.8, 4) is 0 Å². The minimum Gasteiger partial charge on any atom is -0.221 e. The molecule has 0 N–H and O–H groups in total. The van der Waals surface area contributed by atoms with Gasteiger partial charge < -0.3 is 0 Å². The van der Waals surface area contributed by atoms with Gasteiger partial charge in [-0.25, -0.2) is 28.4 Å². The van der Waals surface area contributed by atoms with E-state index < -0.39 is 9.84 Å². The third kappa shape index (κ3) is 4.26. The van der Waals surface area contributed by atoms with Gasteiger partial charge in [-0.3, -0.25) is 0 Å². The number of thioether (sulfide) groups is 1. The van der Waals surface area contributed by atoms with Crippen LogP contribution in [-0.2, 0) is 9.84 Å². The average molecular weight is 465 g/mol. The topological polar surface area (TPSA) is 85.7 Å². The summed E-state index contributed by atoms with van der Waals surface area (Å²) < 4.78 is 22.3. The van der Waals surface area contributed by atoms with E-state index in [1.165, 1.54) is 23.1 Å². The van der Waals surface area contributed by atoms with Crippen LogP contribution in [0.2, 0.25) is 10.3 Å². The van der Waals surface area contributed by atoms with Crippen molar-refractivity contribution in [3.05, 3.63) is 33.2 Å². The highest BCUT2D eigenvalue weighted by atomic mass is 35.5.